The second kappa shape index (κ2) is 8.36. The number of hydrogen-bond donors (Lipinski definition) is 2. The van der Waals surface area contributed by atoms with Gasteiger partial charge >= 0.3 is 10.1 Å². The molecule has 0 atom stereocenters. The number of phenols is 1. The third kappa shape index (κ3) is 4.54. The van der Waals surface area contributed by atoms with Gasteiger partial charge in [-0.05, 0) is 36.4 Å². The van der Waals surface area contributed by atoms with Gasteiger partial charge in [-0.2, -0.15) is 13.5 Å². The monoisotopic (exact) mass is 396 g/mol. The van der Waals surface area contributed by atoms with Crippen LogP contribution in [0, 0.1) is 0 Å². The molecular formula is C20H16N2O5S. The molecule has 0 radical (unpaired) electrons. The lowest BCUT2D eigenvalue weighted by atomic mass is 10.2. The molecule has 0 saturated heterocycles. The molecule has 3 rings (SSSR count). The van der Waals surface area contributed by atoms with Crippen molar-refractivity contribution in [3.8, 4) is 11.5 Å². The van der Waals surface area contributed by atoms with E-state index in [1.165, 1.54) is 36.5 Å². The van der Waals surface area contributed by atoms with Crippen molar-refractivity contribution in [3.05, 3.63) is 90.0 Å². The number of benzene rings is 3. The van der Waals surface area contributed by atoms with Gasteiger partial charge in [-0.15, -0.1) is 0 Å². The molecule has 0 spiro atoms. The highest BCUT2D eigenvalue weighted by molar-refractivity contribution is 7.87. The summed E-state index contributed by atoms with van der Waals surface area (Å²) in [6.45, 7) is 0. The lowest BCUT2D eigenvalue weighted by molar-refractivity contribution is 0.0952. The van der Waals surface area contributed by atoms with Crippen molar-refractivity contribution >= 4 is 22.2 Å². The van der Waals surface area contributed by atoms with Gasteiger partial charge in [0.1, 0.15) is 10.6 Å². The number of amides is 1. The molecule has 3 aromatic carbocycles. The molecule has 0 unspecified atom stereocenters. The summed E-state index contributed by atoms with van der Waals surface area (Å²) >= 11 is 0. The van der Waals surface area contributed by atoms with Crippen LogP contribution in [0.15, 0.2) is 88.9 Å². The van der Waals surface area contributed by atoms with Crippen LogP contribution in [0.5, 0.6) is 11.5 Å². The first kappa shape index (κ1) is 19.1. The minimum atomic E-state index is -4.01. The second-order valence-electron chi connectivity index (χ2n) is 5.60. The third-order valence-corrected chi connectivity index (χ3v) is 4.92. The SMILES string of the molecule is O=C(N/N=C\c1ccccc1OS(=O)(=O)c1ccccc1)c1ccccc1O. The first-order chi connectivity index (χ1) is 13.5. The summed E-state index contributed by atoms with van der Waals surface area (Å²) in [5, 5.41) is 13.5. The topological polar surface area (TPSA) is 105 Å². The number of rotatable bonds is 6. The summed E-state index contributed by atoms with van der Waals surface area (Å²) in [5.74, 6) is -0.718. The quantitative estimate of drug-likeness (QED) is 0.379. The molecule has 0 aliphatic rings. The Morgan fingerprint density at radius 3 is 2.32 bits per heavy atom. The van der Waals surface area contributed by atoms with Gasteiger partial charge in [0.2, 0.25) is 0 Å². The Morgan fingerprint density at radius 1 is 0.929 bits per heavy atom. The van der Waals surface area contributed by atoms with Gasteiger partial charge in [0.05, 0.1) is 11.8 Å². The zero-order chi connectivity index (χ0) is 20.0. The molecule has 0 heterocycles. The van der Waals surface area contributed by atoms with E-state index >= 15 is 0 Å². The Labute approximate surface area is 162 Å². The molecular weight excluding hydrogens is 380 g/mol. The fraction of sp³-hybridized carbons (Fsp3) is 0. The van der Waals surface area contributed by atoms with E-state index in [0.29, 0.717) is 5.56 Å². The van der Waals surface area contributed by atoms with Crippen LogP contribution in [-0.2, 0) is 10.1 Å². The molecule has 0 aliphatic heterocycles. The summed E-state index contributed by atoms with van der Waals surface area (Å²) in [7, 11) is -4.01. The van der Waals surface area contributed by atoms with Crippen molar-refractivity contribution < 1.29 is 22.5 Å². The Morgan fingerprint density at radius 2 is 1.57 bits per heavy atom. The maximum absolute atomic E-state index is 12.4. The van der Waals surface area contributed by atoms with Crippen LogP contribution < -0.4 is 9.61 Å². The van der Waals surface area contributed by atoms with Crippen molar-refractivity contribution in [3.63, 3.8) is 0 Å². The zero-order valence-corrected chi connectivity index (χ0v) is 15.3. The summed E-state index contributed by atoms with van der Waals surface area (Å²) in [6, 6.07) is 20.1. The molecule has 0 fully saturated rings. The second-order valence-corrected chi connectivity index (χ2v) is 7.15. The van der Waals surface area contributed by atoms with E-state index in [9.17, 15) is 18.3 Å². The molecule has 28 heavy (non-hydrogen) atoms. The molecule has 3 aromatic rings. The predicted molar refractivity (Wildman–Crippen MR) is 104 cm³/mol. The predicted octanol–water partition coefficient (Wildman–Crippen LogP) is 2.92. The van der Waals surface area contributed by atoms with E-state index in [0.717, 1.165) is 0 Å². The van der Waals surface area contributed by atoms with Crippen LogP contribution in [0.2, 0.25) is 0 Å². The van der Waals surface area contributed by atoms with E-state index in [4.69, 9.17) is 4.18 Å². The fourth-order valence-corrected chi connectivity index (χ4v) is 3.28. The minimum absolute atomic E-state index is 0.0228. The van der Waals surface area contributed by atoms with Crippen molar-refractivity contribution in [1.82, 2.24) is 5.43 Å². The van der Waals surface area contributed by atoms with Gasteiger partial charge in [0.25, 0.3) is 5.91 Å². The van der Waals surface area contributed by atoms with E-state index in [1.807, 2.05) is 0 Å². The third-order valence-electron chi connectivity index (χ3n) is 3.67. The molecule has 142 valence electrons. The lowest BCUT2D eigenvalue weighted by Crippen LogP contribution is -2.17. The highest BCUT2D eigenvalue weighted by atomic mass is 32.2. The molecule has 0 aromatic heterocycles. The Bertz CT molecular complexity index is 1110. The summed E-state index contributed by atoms with van der Waals surface area (Å²) < 4.78 is 30.0. The normalized spacial score (nSPS) is 11.3. The summed E-state index contributed by atoms with van der Waals surface area (Å²) in [6.07, 6.45) is 1.26. The van der Waals surface area contributed by atoms with Gasteiger partial charge in [-0.3, -0.25) is 4.79 Å². The van der Waals surface area contributed by atoms with Crippen molar-refractivity contribution in [2.24, 2.45) is 5.10 Å². The Hall–Kier alpha value is -3.65. The number of carbonyl (C=O) groups excluding carboxylic acids is 1. The average molecular weight is 396 g/mol. The van der Waals surface area contributed by atoms with E-state index in [2.05, 4.69) is 10.5 Å². The number of carbonyl (C=O) groups is 1. The van der Waals surface area contributed by atoms with E-state index < -0.39 is 16.0 Å². The summed E-state index contributed by atoms with van der Waals surface area (Å²) in [4.78, 5) is 12.1. The number of nitrogens with zero attached hydrogens (tertiary/aromatic N) is 1. The van der Waals surface area contributed by atoms with Gasteiger partial charge in [0.15, 0.2) is 5.75 Å². The van der Waals surface area contributed by atoms with E-state index in [1.54, 1.807) is 48.5 Å². The van der Waals surface area contributed by atoms with Crippen LogP contribution in [0.4, 0.5) is 0 Å². The number of para-hydroxylation sites is 2. The van der Waals surface area contributed by atoms with Crippen molar-refractivity contribution in [2.75, 3.05) is 0 Å². The molecule has 7 nitrogen and oxygen atoms in total. The average Bonchev–Trinajstić information content (AvgIpc) is 2.70. The summed E-state index contributed by atoms with van der Waals surface area (Å²) in [5.41, 5.74) is 2.69. The highest BCUT2D eigenvalue weighted by Crippen LogP contribution is 2.22. The number of hydrazone groups is 1. The number of nitrogens with one attached hydrogen (secondary N) is 1. The minimum Gasteiger partial charge on any atom is -0.507 e. The van der Waals surface area contributed by atoms with Gasteiger partial charge < -0.3 is 9.29 Å². The largest absolute Gasteiger partial charge is 0.507 e. The smallest absolute Gasteiger partial charge is 0.339 e. The number of aromatic hydroxyl groups is 1. The van der Waals surface area contributed by atoms with Crippen molar-refractivity contribution in [1.29, 1.82) is 0 Å². The van der Waals surface area contributed by atoms with Crippen LogP contribution in [0.1, 0.15) is 15.9 Å². The number of phenolic OH excluding ortho intramolecular Hbond substituents is 1. The maximum atomic E-state index is 12.4. The molecule has 1 amide bonds. The molecule has 0 bridgehead atoms. The van der Waals surface area contributed by atoms with E-state index in [-0.39, 0.29) is 22.0 Å². The Kier molecular flexibility index (Phi) is 5.71. The van der Waals surface area contributed by atoms with Gasteiger partial charge in [-0.25, -0.2) is 5.43 Å². The van der Waals surface area contributed by atoms with Crippen LogP contribution in [-0.4, -0.2) is 25.6 Å². The lowest BCUT2D eigenvalue weighted by Gasteiger charge is -2.09. The molecule has 8 heteroatoms. The molecule has 0 aliphatic carbocycles. The van der Waals surface area contributed by atoms with Crippen LogP contribution >= 0.6 is 0 Å². The first-order valence-corrected chi connectivity index (χ1v) is 9.58. The first-order valence-electron chi connectivity index (χ1n) is 8.17. The maximum Gasteiger partial charge on any atom is 0.339 e. The van der Waals surface area contributed by atoms with Crippen LogP contribution in [0.3, 0.4) is 0 Å². The fourth-order valence-electron chi connectivity index (χ4n) is 2.30. The van der Waals surface area contributed by atoms with Crippen molar-refractivity contribution in [2.45, 2.75) is 4.90 Å². The zero-order valence-electron chi connectivity index (χ0n) is 14.5. The molecule has 0 saturated carbocycles. The number of hydrogen-bond acceptors (Lipinski definition) is 6. The highest BCUT2D eigenvalue weighted by Gasteiger charge is 2.17. The van der Waals surface area contributed by atoms with Gasteiger partial charge in [0, 0.05) is 5.56 Å². The standard InChI is InChI=1S/C20H16N2O5S/c23-18-12-6-5-11-17(18)20(24)22-21-14-15-8-4-7-13-19(15)27-28(25,26)16-9-2-1-3-10-16/h1-14,23H,(H,22,24)/b21-14-. The Balaban J connectivity index is 1.76. The molecule has 2 N–H and O–H groups in total. The van der Waals surface area contributed by atoms with Crippen LogP contribution in [0.25, 0.3) is 0 Å². The van der Waals surface area contributed by atoms with Gasteiger partial charge in [-0.1, -0.05) is 42.5 Å².